The molecule has 1 heteroatoms. The average Bonchev–Trinajstić information content (AvgIpc) is 2.66. The summed E-state index contributed by atoms with van der Waals surface area (Å²) < 4.78 is 0. The van der Waals surface area contributed by atoms with E-state index in [1.807, 2.05) is 6.92 Å². The van der Waals surface area contributed by atoms with E-state index in [9.17, 15) is 5.11 Å². The summed E-state index contributed by atoms with van der Waals surface area (Å²) in [5, 5.41) is 10.2. The van der Waals surface area contributed by atoms with Crippen LogP contribution in [0.15, 0.2) is 0 Å². The lowest BCUT2D eigenvalue weighted by atomic mass is 9.73. The lowest BCUT2D eigenvalue weighted by Crippen LogP contribution is -2.39. The molecule has 0 aliphatic heterocycles. The van der Waals surface area contributed by atoms with Crippen LogP contribution in [0.1, 0.15) is 52.4 Å². The van der Waals surface area contributed by atoms with Crippen LogP contribution in [0.3, 0.4) is 0 Å². The monoisotopic (exact) mass is 168 g/mol. The Kier molecular flexibility index (Phi) is 1.76. The summed E-state index contributed by atoms with van der Waals surface area (Å²) in [6.07, 6.45) is 7.54. The quantitative estimate of drug-likeness (QED) is 0.672. The van der Waals surface area contributed by atoms with Crippen LogP contribution >= 0.6 is 0 Å². The molecule has 70 valence electrons. The maximum absolute atomic E-state index is 10.2. The van der Waals surface area contributed by atoms with Crippen LogP contribution in [0.2, 0.25) is 0 Å². The molecule has 0 heterocycles. The third kappa shape index (κ3) is 1.28. The van der Waals surface area contributed by atoms with Gasteiger partial charge in [0.1, 0.15) is 0 Å². The summed E-state index contributed by atoms with van der Waals surface area (Å²) in [6.45, 7) is 4.31. The van der Waals surface area contributed by atoms with Crippen molar-refractivity contribution in [2.75, 3.05) is 0 Å². The summed E-state index contributed by atoms with van der Waals surface area (Å²) >= 11 is 0. The van der Waals surface area contributed by atoms with Crippen molar-refractivity contribution in [2.24, 2.45) is 11.3 Å². The van der Waals surface area contributed by atoms with Gasteiger partial charge in [-0.15, -0.1) is 0 Å². The number of hydrogen-bond acceptors (Lipinski definition) is 1. The van der Waals surface area contributed by atoms with Crippen LogP contribution in [0.5, 0.6) is 0 Å². The molecule has 0 aromatic carbocycles. The molecule has 2 saturated carbocycles. The van der Waals surface area contributed by atoms with E-state index in [4.69, 9.17) is 0 Å². The van der Waals surface area contributed by atoms with E-state index in [1.54, 1.807) is 0 Å². The SMILES string of the molecule is CC1(O)CCCC1(C)CC1CC1. The Morgan fingerprint density at radius 3 is 2.33 bits per heavy atom. The minimum Gasteiger partial charge on any atom is -0.390 e. The lowest BCUT2D eigenvalue weighted by molar-refractivity contribution is -0.0428. The molecule has 1 nitrogen and oxygen atoms in total. The van der Waals surface area contributed by atoms with Crippen molar-refractivity contribution in [2.45, 2.75) is 58.0 Å². The molecule has 2 fully saturated rings. The highest BCUT2D eigenvalue weighted by atomic mass is 16.3. The van der Waals surface area contributed by atoms with Gasteiger partial charge in [0.25, 0.3) is 0 Å². The largest absolute Gasteiger partial charge is 0.390 e. The Labute approximate surface area is 75.2 Å². The van der Waals surface area contributed by atoms with Gasteiger partial charge in [0.05, 0.1) is 5.60 Å². The highest BCUT2D eigenvalue weighted by molar-refractivity contribution is 5.00. The van der Waals surface area contributed by atoms with Gasteiger partial charge in [-0.3, -0.25) is 0 Å². The summed E-state index contributed by atoms with van der Waals surface area (Å²) in [5.41, 5.74) is -0.149. The van der Waals surface area contributed by atoms with Crippen molar-refractivity contribution in [3.8, 4) is 0 Å². The fourth-order valence-corrected chi connectivity index (χ4v) is 2.67. The fraction of sp³-hybridized carbons (Fsp3) is 1.00. The van der Waals surface area contributed by atoms with Crippen LogP contribution in [0.25, 0.3) is 0 Å². The Hall–Kier alpha value is -0.0400. The molecule has 12 heavy (non-hydrogen) atoms. The molecule has 0 aromatic rings. The van der Waals surface area contributed by atoms with Gasteiger partial charge in [0.2, 0.25) is 0 Å². The van der Waals surface area contributed by atoms with Gasteiger partial charge in [-0.25, -0.2) is 0 Å². The molecule has 0 bridgehead atoms. The molecule has 2 rings (SSSR count). The van der Waals surface area contributed by atoms with Crippen molar-refractivity contribution in [3.05, 3.63) is 0 Å². The van der Waals surface area contributed by atoms with Crippen LogP contribution < -0.4 is 0 Å². The first-order valence-electron chi connectivity index (χ1n) is 5.26. The van der Waals surface area contributed by atoms with E-state index in [2.05, 4.69) is 6.92 Å². The van der Waals surface area contributed by atoms with Gasteiger partial charge >= 0.3 is 0 Å². The highest BCUT2D eigenvalue weighted by Crippen LogP contribution is 2.53. The van der Waals surface area contributed by atoms with Gasteiger partial charge < -0.3 is 5.11 Å². The zero-order valence-electron chi connectivity index (χ0n) is 8.27. The minimum absolute atomic E-state index is 0.230. The van der Waals surface area contributed by atoms with Crippen LogP contribution in [0.4, 0.5) is 0 Å². The first-order valence-corrected chi connectivity index (χ1v) is 5.26. The summed E-state index contributed by atoms with van der Waals surface area (Å²) in [6, 6.07) is 0. The second-order valence-corrected chi connectivity index (χ2v) is 5.34. The normalized spacial score (nSPS) is 48.2. The first-order chi connectivity index (χ1) is 5.54. The van der Waals surface area contributed by atoms with Crippen LogP contribution in [-0.4, -0.2) is 10.7 Å². The van der Waals surface area contributed by atoms with Gasteiger partial charge in [0.15, 0.2) is 0 Å². The number of rotatable bonds is 2. The van der Waals surface area contributed by atoms with E-state index < -0.39 is 0 Å². The first kappa shape index (κ1) is 8.55. The van der Waals surface area contributed by atoms with Gasteiger partial charge in [-0.2, -0.15) is 0 Å². The smallest absolute Gasteiger partial charge is 0.0673 e. The third-order valence-corrected chi connectivity index (χ3v) is 4.13. The standard InChI is InChI=1S/C11H20O/c1-10(8-9-4-5-9)6-3-7-11(10,2)12/h9,12H,3-8H2,1-2H3. The molecule has 0 radical (unpaired) electrons. The van der Waals surface area contributed by atoms with E-state index in [-0.39, 0.29) is 11.0 Å². The molecule has 1 N–H and O–H groups in total. The topological polar surface area (TPSA) is 20.2 Å². The molecule has 0 aromatic heterocycles. The van der Waals surface area contributed by atoms with Crippen LogP contribution in [0, 0.1) is 11.3 Å². The molecule has 0 amide bonds. The number of hydrogen-bond donors (Lipinski definition) is 1. The zero-order valence-corrected chi connectivity index (χ0v) is 8.27. The van der Waals surface area contributed by atoms with Crippen molar-refractivity contribution < 1.29 is 5.11 Å². The Morgan fingerprint density at radius 2 is 1.92 bits per heavy atom. The number of aliphatic hydroxyl groups is 1. The van der Waals surface area contributed by atoms with Crippen molar-refractivity contribution in [3.63, 3.8) is 0 Å². The molecular weight excluding hydrogens is 148 g/mol. The molecule has 2 atom stereocenters. The van der Waals surface area contributed by atoms with Gasteiger partial charge in [-0.1, -0.05) is 19.8 Å². The predicted octanol–water partition coefficient (Wildman–Crippen LogP) is 2.73. The third-order valence-electron chi connectivity index (χ3n) is 4.13. The second kappa shape index (κ2) is 2.47. The van der Waals surface area contributed by atoms with Crippen LogP contribution in [-0.2, 0) is 0 Å². The Balaban J connectivity index is 2.06. The van der Waals surface area contributed by atoms with Crippen molar-refractivity contribution >= 4 is 0 Å². The van der Waals surface area contributed by atoms with Gasteiger partial charge in [-0.05, 0) is 43.9 Å². The summed E-state index contributed by atoms with van der Waals surface area (Å²) in [7, 11) is 0. The highest BCUT2D eigenvalue weighted by Gasteiger charge is 2.49. The lowest BCUT2D eigenvalue weighted by Gasteiger charge is -2.37. The Bertz CT molecular complexity index is 181. The molecule has 2 aliphatic rings. The van der Waals surface area contributed by atoms with E-state index >= 15 is 0 Å². The molecular formula is C11H20O. The van der Waals surface area contributed by atoms with E-state index in [0.29, 0.717) is 0 Å². The molecule has 2 aliphatic carbocycles. The fourth-order valence-electron chi connectivity index (χ4n) is 2.67. The maximum atomic E-state index is 10.2. The molecule has 0 spiro atoms. The summed E-state index contributed by atoms with van der Waals surface area (Å²) in [5.74, 6) is 0.944. The second-order valence-electron chi connectivity index (χ2n) is 5.34. The minimum atomic E-state index is -0.379. The Morgan fingerprint density at radius 1 is 1.25 bits per heavy atom. The maximum Gasteiger partial charge on any atom is 0.0673 e. The average molecular weight is 168 g/mol. The van der Waals surface area contributed by atoms with Gasteiger partial charge in [0, 0.05) is 0 Å². The summed E-state index contributed by atoms with van der Waals surface area (Å²) in [4.78, 5) is 0. The predicted molar refractivity (Wildman–Crippen MR) is 49.9 cm³/mol. The molecule has 2 unspecified atom stereocenters. The van der Waals surface area contributed by atoms with E-state index in [1.165, 1.54) is 32.1 Å². The zero-order chi connectivity index (χ0) is 8.82. The van der Waals surface area contributed by atoms with Crippen molar-refractivity contribution in [1.82, 2.24) is 0 Å². The molecule has 0 saturated heterocycles. The van der Waals surface area contributed by atoms with E-state index in [0.717, 1.165) is 12.3 Å². The van der Waals surface area contributed by atoms with Crippen molar-refractivity contribution in [1.29, 1.82) is 0 Å².